The highest BCUT2D eigenvalue weighted by Crippen LogP contribution is 2.23. The Balaban J connectivity index is 2.81. The molecule has 0 aliphatic rings. The van der Waals surface area contributed by atoms with E-state index in [0.717, 1.165) is 12.2 Å². The molecule has 0 bridgehead atoms. The van der Waals surface area contributed by atoms with Crippen LogP contribution in [-0.4, -0.2) is 9.55 Å². The summed E-state index contributed by atoms with van der Waals surface area (Å²) in [7, 11) is 0. The molecule has 0 saturated heterocycles. The maximum atomic E-state index is 5.93. The van der Waals surface area contributed by atoms with E-state index in [1.807, 2.05) is 19.4 Å². The standard InChI is InChI=1S/C13H25N3/c1-9(2)12(10(3)4)7-16-8-15-6-13(16)11(5)14/h6,8-12H,7,14H2,1-5H3/t11-/m1/s1. The van der Waals surface area contributed by atoms with Gasteiger partial charge in [0, 0.05) is 18.8 Å². The topological polar surface area (TPSA) is 43.8 Å². The molecule has 2 N–H and O–H groups in total. The second-order valence-electron chi connectivity index (χ2n) is 5.41. The zero-order chi connectivity index (χ0) is 12.3. The summed E-state index contributed by atoms with van der Waals surface area (Å²) < 4.78 is 2.20. The third kappa shape index (κ3) is 3.08. The van der Waals surface area contributed by atoms with Gasteiger partial charge in [0.15, 0.2) is 0 Å². The molecule has 0 amide bonds. The Morgan fingerprint density at radius 2 is 1.75 bits per heavy atom. The van der Waals surface area contributed by atoms with Crippen molar-refractivity contribution >= 4 is 0 Å². The van der Waals surface area contributed by atoms with Crippen molar-refractivity contribution in [2.75, 3.05) is 0 Å². The first-order valence-corrected chi connectivity index (χ1v) is 6.19. The van der Waals surface area contributed by atoms with E-state index in [-0.39, 0.29) is 6.04 Å². The predicted octanol–water partition coefficient (Wildman–Crippen LogP) is 2.83. The third-order valence-electron chi connectivity index (χ3n) is 3.33. The lowest BCUT2D eigenvalue weighted by Gasteiger charge is -2.26. The van der Waals surface area contributed by atoms with Gasteiger partial charge in [0.05, 0.1) is 12.0 Å². The number of nitrogens with two attached hydrogens (primary N) is 1. The fraction of sp³-hybridized carbons (Fsp3) is 0.769. The Bertz CT molecular complexity index is 305. The van der Waals surface area contributed by atoms with E-state index in [4.69, 9.17) is 5.73 Å². The van der Waals surface area contributed by atoms with E-state index in [9.17, 15) is 0 Å². The molecule has 92 valence electrons. The number of aromatic nitrogens is 2. The van der Waals surface area contributed by atoms with Crippen molar-refractivity contribution in [2.45, 2.75) is 47.2 Å². The Labute approximate surface area is 99.1 Å². The van der Waals surface area contributed by atoms with Gasteiger partial charge in [-0.2, -0.15) is 0 Å². The normalized spacial score (nSPS) is 14.1. The van der Waals surface area contributed by atoms with Crippen LogP contribution in [0.2, 0.25) is 0 Å². The van der Waals surface area contributed by atoms with Crippen LogP contribution in [0, 0.1) is 17.8 Å². The van der Waals surface area contributed by atoms with Crippen molar-refractivity contribution in [3.63, 3.8) is 0 Å². The highest BCUT2D eigenvalue weighted by atomic mass is 15.1. The molecule has 0 aliphatic carbocycles. The molecular weight excluding hydrogens is 198 g/mol. The summed E-state index contributed by atoms with van der Waals surface area (Å²) in [6, 6.07) is 0.0578. The van der Waals surface area contributed by atoms with Gasteiger partial charge in [-0.05, 0) is 24.7 Å². The third-order valence-corrected chi connectivity index (χ3v) is 3.33. The molecular formula is C13H25N3. The maximum absolute atomic E-state index is 5.93. The Kier molecular flexibility index (Phi) is 4.54. The van der Waals surface area contributed by atoms with E-state index < -0.39 is 0 Å². The Morgan fingerprint density at radius 1 is 1.19 bits per heavy atom. The largest absolute Gasteiger partial charge is 0.333 e. The summed E-state index contributed by atoms with van der Waals surface area (Å²) in [6.45, 7) is 12.2. The van der Waals surface area contributed by atoms with Gasteiger partial charge in [-0.1, -0.05) is 27.7 Å². The average molecular weight is 223 g/mol. The van der Waals surface area contributed by atoms with Crippen LogP contribution in [-0.2, 0) is 6.54 Å². The van der Waals surface area contributed by atoms with E-state index in [0.29, 0.717) is 17.8 Å². The van der Waals surface area contributed by atoms with Crippen molar-refractivity contribution < 1.29 is 0 Å². The first kappa shape index (κ1) is 13.2. The summed E-state index contributed by atoms with van der Waals surface area (Å²) in [5, 5.41) is 0. The number of imidazole rings is 1. The van der Waals surface area contributed by atoms with Crippen LogP contribution in [0.3, 0.4) is 0 Å². The van der Waals surface area contributed by atoms with E-state index in [1.165, 1.54) is 0 Å². The molecule has 1 atom stereocenters. The molecule has 0 aliphatic heterocycles. The Morgan fingerprint density at radius 3 is 2.19 bits per heavy atom. The lowest BCUT2D eigenvalue weighted by atomic mass is 9.85. The molecule has 0 spiro atoms. The van der Waals surface area contributed by atoms with Gasteiger partial charge in [0.25, 0.3) is 0 Å². The molecule has 1 heterocycles. The van der Waals surface area contributed by atoms with Gasteiger partial charge in [0.2, 0.25) is 0 Å². The van der Waals surface area contributed by atoms with Crippen LogP contribution in [0.4, 0.5) is 0 Å². The predicted molar refractivity (Wildman–Crippen MR) is 68.0 cm³/mol. The smallest absolute Gasteiger partial charge is 0.0948 e. The van der Waals surface area contributed by atoms with Crippen LogP contribution in [0.15, 0.2) is 12.5 Å². The molecule has 3 nitrogen and oxygen atoms in total. The second kappa shape index (κ2) is 5.48. The highest BCUT2D eigenvalue weighted by molar-refractivity contribution is 5.03. The lowest BCUT2D eigenvalue weighted by molar-refractivity contribution is 0.248. The summed E-state index contributed by atoms with van der Waals surface area (Å²) in [6.07, 6.45) is 3.78. The quantitative estimate of drug-likeness (QED) is 0.834. The van der Waals surface area contributed by atoms with Crippen LogP contribution in [0.25, 0.3) is 0 Å². The summed E-state index contributed by atoms with van der Waals surface area (Å²) >= 11 is 0. The zero-order valence-corrected chi connectivity index (χ0v) is 11.1. The molecule has 1 aromatic heterocycles. The van der Waals surface area contributed by atoms with Crippen LogP contribution >= 0.6 is 0 Å². The minimum Gasteiger partial charge on any atom is -0.333 e. The maximum Gasteiger partial charge on any atom is 0.0948 e. The number of rotatable bonds is 5. The van der Waals surface area contributed by atoms with Crippen molar-refractivity contribution in [3.8, 4) is 0 Å². The molecule has 1 aromatic rings. The first-order valence-electron chi connectivity index (χ1n) is 6.19. The van der Waals surface area contributed by atoms with Crippen molar-refractivity contribution in [1.29, 1.82) is 0 Å². The van der Waals surface area contributed by atoms with Crippen molar-refractivity contribution in [1.82, 2.24) is 9.55 Å². The average Bonchev–Trinajstić information content (AvgIpc) is 2.60. The van der Waals surface area contributed by atoms with E-state index in [2.05, 4.69) is 37.2 Å². The molecule has 1 rings (SSSR count). The van der Waals surface area contributed by atoms with Gasteiger partial charge >= 0.3 is 0 Å². The fourth-order valence-corrected chi connectivity index (χ4v) is 2.28. The summed E-state index contributed by atoms with van der Waals surface area (Å²) in [5.41, 5.74) is 7.06. The minimum atomic E-state index is 0.0578. The van der Waals surface area contributed by atoms with E-state index >= 15 is 0 Å². The van der Waals surface area contributed by atoms with Crippen molar-refractivity contribution in [2.24, 2.45) is 23.5 Å². The Hall–Kier alpha value is -0.830. The molecule has 16 heavy (non-hydrogen) atoms. The fourth-order valence-electron chi connectivity index (χ4n) is 2.28. The van der Waals surface area contributed by atoms with Gasteiger partial charge in [0.1, 0.15) is 0 Å². The second-order valence-corrected chi connectivity index (χ2v) is 5.41. The number of hydrogen-bond donors (Lipinski definition) is 1. The van der Waals surface area contributed by atoms with Gasteiger partial charge in [-0.15, -0.1) is 0 Å². The van der Waals surface area contributed by atoms with E-state index in [1.54, 1.807) is 0 Å². The molecule has 0 radical (unpaired) electrons. The highest BCUT2D eigenvalue weighted by Gasteiger charge is 2.19. The van der Waals surface area contributed by atoms with Gasteiger partial charge < -0.3 is 10.3 Å². The number of hydrogen-bond acceptors (Lipinski definition) is 2. The first-order chi connectivity index (χ1) is 7.43. The zero-order valence-electron chi connectivity index (χ0n) is 11.1. The molecule has 0 fully saturated rings. The summed E-state index contributed by atoms with van der Waals surface area (Å²) in [4.78, 5) is 4.20. The lowest BCUT2D eigenvalue weighted by Crippen LogP contribution is -2.23. The molecule has 0 aromatic carbocycles. The number of nitrogens with zero attached hydrogens (tertiary/aromatic N) is 2. The molecule has 3 heteroatoms. The monoisotopic (exact) mass is 223 g/mol. The molecule has 0 saturated carbocycles. The van der Waals surface area contributed by atoms with Crippen LogP contribution in [0.5, 0.6) is 0 Å². The van der Waals surface area contributed by atoms with Gasteiger partial charge in [-0.3, -0.25) is 0 Å². The minimum absolute atomic E-state index is 0.0578. The van der Waals surface area contributed by atoms with Crippen LogP contribution < -0.4 is 5.73 Å². The van der Waals surface area contributed by atoms with Crippen LogP contribution in [0.1, 0.15) is 46.4 Å². The molecule has 0 unspecified atom stereocenters. The van der Waals surface area contributed by atoms with Crippen molar-refractivity contribution in [3.05, 3.63) is 18.2 Å². The summed E-state index contributed by atoms with van der Waals surface area (Å²) in [5.74, 6) is 2.04. The SMILES string of the molecule is CC(C)C(Cn1cncc1[C@@H](C)N)C(C)C. The van der Waals surface area contributed by atoms with Gasteiger partial charge in [-0.25, -0.2) is 4.98 Å².